The summed E-state index contributed by atoms with van der Waals surface area (Å²) in [4.78, 5) is 28.1. The van der Waals surface area contributed by atoms with Gasteiger partial charge in [0.1, 0.15) is 12.4 Å². The van der Waals surface area contributed by atoms with Gasteiger partial charge in [-0.25, -0.2) is 9.18 Å². The molecule has 0 saturated carbocycles. The number of rotatable bonds is 4. The summed E-state index contributed by atoms with van der Waals surface area (Å²) >= 11 is 0. The lowest BCUT2D eigenvalue weighted by Crippen LogP contribution is -2.60. The van der Waals surface area contributed by atoms with Gasteiger partial charge in [-0.1, -0.05) is 48.5 Å². The minimum Gasteiger partial charge on any atom is -0.448 e. The predicted molar refractivity (Wildman–Crippen MR) is 129 cm³/mol. The number of Topliss-reactive ketones (excluding diaryl/α,β-unsaturated/α-hetero) is 1. The molecule has 35 heavy (non-hydrogen) atoms. The van der Waals surface area contributed by atoms with E-state index in [2.05, 4.69) is 24.3 Å². The Hall–Kier alpha value is -3.51. The molecule has 2 aliphatic heterocycles. The Bertz CT molecular complexity index is 1210. The molecule has 178 valence electrons. The zero-order valence-electron chi connectivity index (χ0n) is 19.2. The highest BCUT2D eigenvalue weighted by Crippen LogP contribution is 2.44. The number of halogens is 1. The molecule has 0 radical (unpaired) electrons. The molecule has 6 rings (SSSR count). The van der Waals surface area contributed by atoms with Crippen LogP contribution in [0.1, 0.15) is 40.2 Å². The van der Waals surface area contributed by atoms with E-state index in [1.807, 2.05) is 24.3 Å². The van der Waals surface area contributed by atoms with Crippen molar-refractivity contribution in [2.75, 3.05) is 19.8 Å². The molecule has 1 amide bonds. The van der Waals surface area contributed by atoms with E-state index in [9.17, 15) is 14.0 Å². The first-order valence-electron chi connectivity index (χ1n) is 12.1. The molecule has 1 aliphatic carbocycles. The maximum atomic E-state index is 13.3. The summed E-state index contributed by atoms with van der Waals surface area (Å²) in [6.45, 7) is 1.03. The number of piperidine rings is 1. The second-order valence-electron chi connectivity index (χ2n) is 9.60. The number of fused-ring (bicyclic) bond motifs is 5. The van der Waals surface area contributed by atoms with Gasteiger partial charge in [-0.3, -0.25) is 9.69 Å². The zero-order chi connectivity index (χ0) is 23.9. The van der Waals surface area contributed by atoms with Crippen molar-refractivity contribution >= 4 is 11.9 Å². The average molecular weight is 472 g/mol. The average Bonchev–Trinajstić information content (AvgIpc) is 3.20. The van der Waals surface area contributed by atoms with Crippen LogP contribution in [0.2, 0.25) is 0 Å². The number of hydrogen-bond acceptors (Lipinski definition) is 4. The van der Waals surface area contributed by atoms with Gasteiger partial charge >= 0.3 is 6.09 Å². The van der Waals surface area contributed by atoms with Crippen LogP contribution in [0.15, 0.2) is 72.8 Å². The molecule has 2 unspecified atom stereocenters. The molecule has 6 heteroatoms. The van der Waals surface area contributed by atoms with Crippen LogP contribution in [0, 0.1) is 11.7 Å². The number of carbonyl (C=O) groups excluding carboxylic acids is 2. The minimum absolute atomic E-state index is 0.0000310. The first-order valence-corrected chi connectivity index (χ1v) is 12.1. The normalized spacial score (nSPS) is 22.9. The quantitative estimate of drug-likeness (QED) is 0.476. The standard InChI is InChI=1S/C29H26FNO4/c30-20-11-9-18(10-12-20)28(32)19-13-21-15-34-16-22(14-19)31(21)29(33)35-17-27-25-7-3-1-5-23(25)24-6-2-4-8-26(24)27/h1-12,19,21-22,27H,13-17H2. The second-order valence-corrected chi connectivity index (χ2v) is 9.60. The second kappa shape index (κ2) is 8.93. The van der Waals surface area contributed by atoms with Crippen molar-refractivity contribution in [2.45, 2.75) is 30.8 Å². The fourth-order valence-electron chi connectivity index (χ4n) is 5.95. The molecule has 5 nitrogen and oxygen atoms in total. The third-order valence-electron chi connectivity index (χ3n) is 7.57. The van der Waals surface area contributed by atoms with Crippen molar-refractivity contribution in [3.8, 4) is 11.1 Å². The lowest BCUT2D eigenvalue weighted by atomic mass is 9.81. The first kappa shape index (κ1) is 22.0. The van der Waals surface area contributed by atoms with Gasteiger partial charge in [0, 0.05) is 17.4 Å². The molecule has 2 saturated heterocycles. The number of nitrogens with zero attached hydrogens (tertiary/aromatic N) is 1. The lowest BCUT2D eigenvalue weighted by Gasteiger charge is -2.47. The Kier molecular flexibility index (Phi) is 5.61. The number of benzene rings is 3. The SMILES string of the molecule is O=C(c1ccc(F)cc1)C1CC2COCC(C1)N2C(=O)OCC1c2ccccc2-c2ccccc21. The fourth-order valence-corrected chi connectivity index (χ4v) is 5.95. The van der Waals surface area contributed by atoms with Crippen molar-refractivity contribution in [1.29, 1.82) is 0 Å². The number of ether oxygens (including phenoxy) is 2. The van der Waals surface area contributed by atoms with Gasteiger partial charge in [-0.2, -0.15) is 0 Å². The van der Waals surface area contributed by atoms with E-state index >= 15 is 0 Å². The Morgan fingerprint density at radius 2 is 1.43 bits per heavy atom. The van der Waals surface area contributed by atoms with Gasteiger partial charge in [-0.15, -0.1) is 0 Å². The van der Waals surface area contributed by atoms with Crippen molar-refractivity contribution in [1.82, 2.24) is 4.90 Å². The molecule has 0 spiro atoms. The summed E-state index contributed by atoms with van der Waals surface area (Å²) in [7, 11) is 0. The molecule has 2 atom stereocenters. The van der Waals surface area contributed by atoms with Gasteiger partial charge in [0.2, 0.25) is 0 Å². The van der Waals surface area contributed by atoms with Crippen molar-refractivity contribution in [3.63, 3.8) is 0 Å². The molecule has 2 bridgehead atoms. The molecular formula is C29H26FNO4. The Labute approximate surface area is 203 Å². The van der Waals surface area contributed by atoms with E-state index in [1.165, 1.54) is 46.5 Å². The van der Waals surface area contributed by atoms with Gasteiger partial charge < -0.3 is 9.47 Å². The number of ketones is 1. The van der Waals surface area contributed by atoms with E-state index in [1.54, 1.807) is 4.90 Å². The van der Waals surface area contributed by atoms with Crippen LogP contribution < -0.4 is 0 Å². The maximum absolute atomic E-state index is 13.3. The molecule has 0 N–H and O–H groups in total. The van der Waals surface area contributed by atoms with Gasteiger partial charge in [-0.05, 0) is 59.4 Å². The summed E-state index contributed by atoms with van der Waals surface area (Å²) in [5.74, 6) is -0.594. The smallest absolute Gasteiger partial charge is 0.410 e. The molecule has 0 aromatic heterocycles. The van der Waals surface area contributed by atoms with Gasteiger partial charge in [0.25, 0.3) is 0 Å². The highest BCUT2D eigenvalue weighted by molar-refractivity contribution is 5.98. The highest BCUT2D eigenvalue weighted by Gasteiger charge is 2.45. The third-order valence-corrected chi connectivity index (χ3v) is 7.57. The summed E-state index contributed by atoms with van der Waals surface area (Å²) in [6, 6.07) is 21.8. The van der Waals surface area contributed by atoms with Crippen LogP contribution >= 0.6 is 0 Å². The number of hydrogen-bond donors (Lipinski definition) is 0. The summed E-state index contributed by atoms with van der Waals surface area (Å²) in [5.41, 5.74) is 5.23. The van der Waals surface area contributed by atoms with E-state index in [4.69, 9.17) is 9.47 Å². The Morgan fingerprint density at radius 3 is 2.03 bits per heavy atom. The molecule has 2 heterocycles. The molecule has 3 aromatic carbocycles. The summed E-state index contributed by atoms with van der Waals surface area (Å²) in [6.07, 6.45) is 0.672. The van der Waals surface area contributed by atoms with Crippen molar-refractivity contribution in [3.05, 3.63) is 95.3 Å². The summed E-state index contributed by atoms with van der Waals surface area (Å²) in [5, 5.41) is 0. The largest absolute Gasteiger partial charge is 0.448 e. The molecule has 3 aliphatic rings. The fraction of sp³-hybridized carbons (Fsp3) is 0.310. The van der Waals surface area contributed by atoms with Crippen molar-refractivity contribution < 1.29 is 23.5 Å². The first-order chi connectivity index (χ1) is 17.1. The Morgan fingerprint density at radius 1 is 0.857 bits per heavy atom. The van der Waals surface area contributed by atoms with Crippen LogP contribution in [0.25, 0.3) is 11.1 Å². The van der Waals surface area contributed by atoms with Crippen LogP contribution in [0.5, 0.6) is 0 Å². The minimum atomic E-state index is -0.364. The van der Waals surface area contributed by atoms with E-state index in [0.717, 1.165) is 0 Å². The molecule has 2 fully saturated rings. The lowest BCUT2D eigenvalue weighted by molar-refractivity contribution is -0.0747. The predicted octanol–water partition coefficient (Wildman–Crippen LogP) is 5.44. The van der Waals surface area contributed by atoms with Crippen LogP contribution in [0.4, 0.5) is 9.18 Å². The van der Waals surface area contributed by atoms with E-state index < -0.39 is 0 Å². The van der Waals surface area contributed by atoms with Gasteiger partial charge in [0.05, 0.1) is 25.3 Å². The summed E-state index contributed by atoms with van der Waals surface area (Å²) < 4.78 is 24.9. The number of carbonyl (C=O) groups is 2. The molecular weight excluding hydrogens is 445 g/mol. The topological polar surface area (TPSA) is 55.8 Å². The third kappa shape index (κ3) is 3.92. The zero-order valence-corrected chi connectivity index (χ0v) is 19.2. The van der Waals surface area contributed by atoms with E-state index in [0.29, 0.717) is 31.6 Å². The number of amides is 1. The highest BCUT2D eigenvalue weighted by atomic mass is 19.1. The number of morpholine rings is 1. The van der Waals surface area contributed by atoms with Crippen molar-refractivity contribution in [2.24, 2.45) is 5.92 Å². The van der Waals surface area contributed by atoms with Crippen LogP contribution in [-0.2, 0) is 9.47 Å². The maximum Gasteiger partial charge on any atom is 0.410 e. The Balaban J connectivity index is 1.16. The van der Waals surface area contributed by atoms with Crippen LogP contribution in [-0.4, -0.2) is 48.7 Å². The van der Waals surface area contributed by atoms with E-state index in [-0.39, 0.29) is 48.2 Å². The molecule has 3 aromatic rings. The van der Waals surface area contributed by atoms with Crippen LogP contribution in [0.3, 0.4) is 0 Å². The monoisotopic (exact) mass is 471 g/mol. The van der Waals surface area contributed by atoms with Gasteiger partial charge in [0.15, 0.2) is 5.78 Å².